The summed E-state index contributed by atoms with van der Waals surface area (Å²) in [6.45, 7) is 4.21. The fraction of sp³-hybridized carbons (Fsp3) is 0.455. The number of hydrogen-bond donors (Lipinski definition) is 2. The Labute approximate surface area is 99.9 Å². The molecule has 0 aliphatic heterocycles. The number of ether oxygens (including phenoxy) is 1. The van der Waals surface area contributed by atoms with Crippen molar-refractivity contribution in [1.82, 2.24) is 0 Å². The van der Waals surface area contributed by atoms with Crippen LogP contribution in [0.25, 0.3) is 0 Å². The maximum Gasteiger partial charge on any atom is 0.314 e. The van der Waals surface area contributed by atoms with Gasteiger partial charge in [0.1, 0.15) is 11.4 Å². The maximum atomic E-state index is 10.9. The Morgan fingerprint density at radius 1 is 1.53 bits per heavy atom. The normalized spacial score (nSPS) is 11.2. The first-order valence-corrected chi connectivity index (χ1v) is 5.17. The largest absolute Gasteiger partial charge is 0.393 e. The van der Waals surface area contributed by atoms with Crippen LogP contribution in [0.4, 0.5) is 17.1 Å². The summed E-state index contributed by atoms with van der Waals surface area (Å²) in [5.74, 6) is 0. The molecule has 0 spiro atoms. The molecule has 0 radical (unpaired) electrons. The quantitative estimate of drug-likeness (QED) is 0.466. The van der Waals surface area contributed by atoms with Gasteiger partial charge in [0, 0.05) is 7.11 Å². The van der Waals surface area contributed by atoms with Gasteiger partial charge in [-0.15, -0.1) is 0 Å². The lowest BCUT2D eigenvalue weighted by atomic mass is 10.1. The van der Waals surface area contributed by atoms with Crippen LogP contribution in [0, 0.1) is 10.1 Å². The second kappa shape index (κ2) is 5.01. The van der Waals surface area contributed by atoms with Gasteiger partial charge in [-0.1, -0.05) is 6.07 Å². The van der Waals surface area contributed by atoms with Crippen LogP contribution in [0.5, 0.6) is 0 Å². The van der Waals surface area contributed by atoms with Gasteiger partial charge in [-0.05, 0) is 26.0 Å². The highest BCUT2D eigenvalue weighted by atomic mass is 16.6. The Bertz CT molecular complexity index is 418. The van der Waals surface area contributed by atoms with Crippen LogP contribution in [0.2, 0.25) is 0 Å². The average molecular weight is 239 g/mol. The van der Waals surface area contributed by atoms with Crippen molar-refractivity contribution < 1.29 is 9.66 Å². The van der Waals surface area contributed by atoms with E-state index in [1.54, 1.807) is 19.2 Å². The lowest BCUT2D eigenvalue weighted by Gasteiger charge is -2.26. The number of hydrogen-bond acceptors (Lipinski definition) is 5. The molecule has 3 N–H and O–H groups in total. The minimum atomic E-state index is -0.486. The van der Waals surface area contributed by atoms with Crippen molar-refractivity contribution in [3.05, 3.63) is 28.3 Å². The molecule has 0 saturated heterocycles. The fourth-order valence-corrected chi connectivity index (χ4v) is 1.63. The van der Waals surface area contributed by atoms with Crippen LogP contribution in [0.15, 0.2) is 18.2 Å². The highest BCUT2D eigenvalue weighted by Crippen LogP contribution is 2.32. The summed E-state index contributed by atoms with van der Waals surface area (Å²) < 4.78 is 5.05. The first-order valence-electron chi connectivity index (χ1n) is 5.17. The number of nitrogens with zero attached hydrogens (tertiary/aromatic N) is 1. The Hall–Kier alpha value is -1.82. The minimum Gasteiger partial charge on any atom is -0.393 e. The monoisotopic (exact) mass is 239 g/mol. The molecule has 0 amide bonds. The molecule has 6 nitrogen and oxygen atoms in total. The van der Waals surface area contributed by atoms with E-state index >= 15 is 0 Å². The number of para-hydroxylation sites is 1. The molecule has 0 aliphatic carbocycles. The van der Waals surface area contributed by atoms with E-state index in [1.165, 1.54) is 6.07 Å². The third kappa shape index (κ3) is 3.32. The standard InChI is InChI=1S/C11H17N3O3/c1-11(2,7-17-3)13-9-6-4-5-8(12)10(9)14(15)16/h4-6,13H,7,12H2,1-3H3. The number of rotatable bonds is 5. The van der Waals surface area contributed by atoms with E-state index in [2.05, 4.69) is 5.32 Å². The first kappa shape index (κ1) is 13.2. The molecule has 1 aromatic rings. The lowest BCUT2D eigenvalue weighted by Crippen LogP contribution is -2.36. The van der Waals surface area contributed by atoms with Gasteiger partial charge in [0.05, 0.1) is 17.1 Å². The number of nitro groups is 1. The second-order valence-corrected chi connectivity index (χ2v) is 4.44. The molecular weight excluding hydrogens is 222 g/mol. The van der Waals surface area contributed by atoms with Crippen molar-refractivity contribution in [3.63, 3.8) is 0 Å². The summed E-state index contributed by atoms with van der Waals surface area (Å²) in [6.07, 6.45) is 0. The van der Waals surface area contributed by atoms with E-state index in [0.717, 1.165) is 0 Å². The fourth-order valence-electron chi connectivity index (χ4n) is 1.63. The molecule has 94 valence electrons. The van der Waals surface area contributed by atoms with E-state index in [9.17, 15) is 10.1 Å². The molecular formula is C11H17N3O3. The van der Waals surface area contributed by atoms with Crippen LogP contribution in [-0.2, 0) is 4.74 Å². The zero-order valence-corrected chi connectivity index (χ0v) is 10.2. The Morgan fingerprint density at radius 2 is 2.18 bits per heavy atom. The number of nitrogen functional groups attached to an aromatic ring is 1. The number of anilines is 2. The van der Waals surface area contributed by atoms with Crippen molar-refractivity contribution in [2.45, 2.75) is 19.4 Å². The highest BCUT2D eigenvalue weighted by Gasteiger charge is 2.24. The van der Waals surface area contributed by atoms with Crippen LogP contribution >= 0.6 is 0 Å². The van der Waals surface area contributed by atoms with E-state index < -0.39 is 10.5 Å². The van der Waals surface area contributed by atoms with Crippen molar-refractivity contribution >= 4 is 17.1 Å². The van der Waals surface area contributed by atoms with Gasteiger partial charge >= 0.3 is 5.69 Å². The SMILES string of the molecule is COCC(C)(C)Nc1cccc(N)c1[N+](=O)[O-]. The summed E-state index contributed by atoms with van der Waals surface area (Å²) >= 11 is 0. The Morgan fingerprint density at radius 3 is 2.71 bits per heavy atom. The van der Waals surface area contributed by atoms with Gasteiger partial charge in [0.2, 0.25) is 0 Å². The average Bonchev–Trinajstić information content (AvgIpc) is 2.15. The summed E-state index contributed by atoms with van der Waals surface area (Å²) in [4.78, 5) is 10.5. The molecule has 0 aromatic heterocycles. The van der Waals surface area contributed by atoms with Crippen LogP contribution in [-0.4, -0.2) is 24.2 Å². The van der Waals surface area contributed by atoms with Gasteiger partial charge in [0.25, 0.3) is 0 Å². The molecule has 0 aliphatic rings. The van der Waals surface area contributed by atoms with Crippen molar-refractivity contribution in [2.75, 3.05) is 24.8 Å². The van der Waals surface area contributed by atoms with Gasteiger partial charge in [-0.25, -0.2) is 0 Å². The van der Waals surface area contributed by atoms with E-state index in [-0.39, 0.29) is 11.4 Å². The van der Waals surface area contributed by atoms with Gasteiger partial charge in [0.15, 0.2) is 0 Å². The van der Waals surface area contributed by atoms with E-state index in [1.807, 2.05) is 13.8 Å². The maximum absolute atomic E-state index is 10.9. The third-order valence-corrected chi connectivity index (χ3v) is 2.23. The molecule has 6 heteroatoms. The number of nitrogens with one attached hydrogen (secondary N) is 1. The summed E-state index contributed by atoms with van der Waals surface area (Å²) in [5.41, 5.74) is 5.64. The lowest BCUT2D eigenvalue weighted by molar-refractivity contribution is -0.383. The third-order valence-electron chi connectivity index (χ3n) is 2.23. The first-order chi connectivity index (χ1) is 7.87. The number of benzene rings is 1. The van der Waals surface area contributed by atoms with Crippen molar-refractivity contribution in [1.29, 1.82) is 0 Å². The summed E-state index contributed by atoms with van der Waals surface area (Å²) in [7, 11) is 1.58. The molecule has 0 fully saturated rings. The van der Waals surface area contributed by atoms with Crippen molar-refractivity contribution in [3.8, 4) is 0 Å². The van der Waals surface area contributed by atoms with E-state index in [0.29, 0.717) is 12.3 Å². The molecule has 0 atom stereocenters. The molecule has 17 heavy (non-hydrogen) atoms. The topological polar surface area (TPSA) is 90.4 Å². The zero-order chi connectivity index (χ0) is 13.1. The van der Waals surface area contributed by atoms with Gasteiger partial charge in [-0.3, -0.25) is 10.1 Å². The van der Waals surface area contributed by atoms with Crippen molar-refractivity contribution in [2.24, 2.45) is 0 Å². The highest BCUT2D eigenvalue weighted by molar-refractivity contribution is 5.74. The molecule has 0 saturated carbocycles. The summed E-state index contributed by atoms with van der Waals surface area (Å²) in [5, 5.41) is 14.0. The second-order valence-electron chi connectivity index (χ2n) is 4.44. The minimum absolute atomic E-state index is 0.100. The number of methoxy groups -OCH3 is 1. The predicted molar refractivity (Wildman–Crippen MR) is 67.1 cm³/mol. The Balaban J connectivity index is 3.06. The summed E-state index contributed by atoms with van der Waals surface area (Å²) in [6, 6.07) is 4.81. The number of nitrogens with two attached hydrogens (primary N) is 1. The smallest absolute Gasteiger partial charge is 0.314 e. The molecule has 0 unspecified atom stereocenters. The zero-order valence-electron chi connectivity index (χ0n) is 10.2. The molecule has 0 bridgehead atoms. The van der Waals surface area contributed by atoms with Crippen LogP contribution in [0.3, 0.4) is 0 Å². The predicted octanol–water partition coefficient (Wildman–Crippen LogP) is 2.01. The van der Waals surface area contributed by atoms with Gasteiger partial charge in [-0.2, -0.15) is 0 Å². The van der Waals surface area contributed by atoms with Gasteiger partial charge < -0.3 is 15.8 Å². The Kier molecular flexibility index (Phi) is 3.90. The molecule has 1 rings (SSSR count). The molecule has 1 aromatic carbocycles. The number of nitro benzene ring substituents is 1. The van der Waals surface area contributed by atoms with Crippen LogP contribution < -0.4 is 11.1 Å². The van der Waals surface area contributed by atoms with E-state index in [4.69, 9.17) is 10.5 Å². The van der Waals surface area contributed by atoms with Crippen LogP contribution in [0.1, 0.15) is 13.8 Å². The molecule has 0 heterocycles.